The van der Waals surface area contributed by atoms with Crippen LogP contribution in [0.5, 0.6) is 0 Å². The van der Waals surface area contributed by atoms with E-state index < -0.39 is 0 Å². The molecule has 1 unspecified atom stereocenters. The Labute approximate surface area is 95.4 Å². The number of aryl methyl sites for hydroxylation is 1. The molecule has 1 heterocycles. The van der Waals surface area contributed by atoms with Gasteiger partial charge in [0.25, 0.3) is 0 Å². The molecule has 1 aliphatic carbocycles. The van der Waals surface area contributed by atoms with Crippen molar-refractivity contribution in [3.8, 4) is 0 Å². The zero-order chi connectivity index (χ0) is 11.3. The van der Waals surface area contributed by atoms with E-state index in [0.717, 1.165) is 24.2 Å². The highest BCUT2D eigenvalue weighted by molar-refractivity contribution is 5.82. The number of hydrogen-bond acceptors (Lipinski definition) is 2. The van der Waals surface area contributed by atoms with Crippen LogP contribution in [0.15, 0.2) is 28.7 Å². The lowest BCUT2D eigenvalue weighted by Gasteiger charge is -2.17. The van der Waals surface area contributed by atoms with Gasteiger partial charge in [0.15, 0.2) is 0 Å². The summed E-state index contributed by atoms with van der Waals surface area (Å²) in [5, 5.41) is 1.23. The lowest BCUT2D eigenvalue weighted by Crippen LogP contribution is -2.31. The van der Waals surface area contributed by atoms with Gasteiger partial charge in [0.1, 0.15) is 11.3 Å². The Kier molecular flexibility index (Phi) is 1.93. The van der Waals surface area contributed by atoms with E-state index in [2.05, 4.69) is 26.0 Å². The van der Waals surface area contributed by atoms with Crippen molar-refractivity contribution in [2.45, 2.75) is 38.1 Å². The highest BCUT2D eigenvalue weighted by atomic mass is 16.3. The van der Waals surface area contributed by atoms with Crippen LogP contribution in [-0.4, -0.2) is 6.04 Å². The smallest absolute Gasteiger partial charge is 0.134 e. The molecular weight excluding hydrogens is 198 g/mol. The van der Waals surface area contributed by atoms with Crippen LogP contribution >= 0.6 is 0 Å². The second-order valence-electron chi connectivity index (χ2n) is 5.00. The molecule has 84 valence electrons. The van der Waals surface area contributed by atoms with Crippen molar-refractivity contribution in [2.75, 3.05) is 0 Å². The first-order valence-corrected chi connectivity index (χ1v) is 5.89. The average molecular weight is 215 g/mol. The number of furan rings is 1. The van der Waals surface area contributed by atoms with Gasteiger partial charge < -0.3 is 10.2 Å². The number of nitrogens with two attached hydrogens (primary N) is 1. The van der Waals surface area contributed by atoms with Gasteiger partial charge >= 0.3 is 0 Å². The molecule has 0 aliphatic heterocycles. The Bertz CT molecular complexity index is 535. The first kappa shape index (κ1) is 9.91. The largest absolute Gasteiger partial charge is 0.460 e. The molecule has 1 atom stereocenters. The average Bonchev–Trinajstić information content (AvgIpc) is 3.01. The Morgan fingerprint density at radius 1 is 1.31 bits per heavy atom. The molecule has 0 radical (unpaired) electrons. The number of hydrogen-bond donors (Lipinski definition) is 1. The van der Waals surface area contributed by atoms with E-state index in [-0.39, 0.29) is 11.5 Å². The fourth-order valence-electron chi connectivity index (χ4n) is 2.67. The predicted octanol–water partition coefficient (Wildman–Crippen LogP) is 3.12. The molecule has 1 aliphatic rings. The van der Waals surface area contributed by atoms with Gasteiger partial charge in [-0.15, -0.1) is 0 Å². The van der Waals surface area contributed by atoms with E-state index in [0.29, 0.717) is 0 Å². The van der Waals surface area contributed by atoms with Gasteiger partial charge in [0, 0.05) is 16.8 Å². The Morgan fingerprint density at radius 2 is 2.00 bits per heavy atom. The maximum Gasteiger partial charge on any atom is 0.134 e. The van der Waals surface area contributed by atoms with Gasteiger partial charge in [-0.05, 0) is 38.3 Å². The van der Waals surface area contributed by atoms with Crippen LogP contribution in [0.3, 0.4) is 0 Å². The summed E-state index contributed by atoms with van der Waals surface area (Å²) in [6.45, 7) is 4.23. The number of benzene rings is 1. The van der Waals surface area contributed by atoms with Crippen molar-refractivity contribution in [1.29, 1.82) is 0 Å². The third kappa shape index (κ3) is 1.17. The van der Waals surface area contributed by atoms with E-state index in [1.165, 1.54) is 10.9 Å². The van der Waals surface area contributed by atoms with Crippen molar-refractivity contribution in [3.63, 3.8) is 0 Å². The highest BCUT2D eigenvalue weighted by Gasteiger charge is 2.51. The molecule has 1 saturated carbocycles. The summed E-state index contributed by atoms with van der Waals surface area (Å²) in [6.07, 6.45) is 2.32. The van der Waals surface area contributed by atoms with Crippen LogP contribution in [0.4, 0.5) is 0 Å². The monoisotopic (exact) mass is 215 g/mol. The van der Waals surface area contributed by atoms with Gasteiger partial charge in [0.05, 0.1) is 0 Å². The summed E-state index contributed by atoms with van der Waals surface area (Å²) in [6, 6.07) is 8.39. The van der Waals surface area contributed by atoms with Crippen LogP contribution < -0.4 is 5.73 Å². The minimum Gasteiger partial charge on any atom is -0.460 e. The van der Waals surface area contributed by atoms with Gasteiger partial charge in [-0.25, -0.2) is 0 Å². The van der Waals surface area contributed by atoms with Crippen LogP contribution in [0.1, 0.15) is 31.1 Å². The summed E-state index contributed by atoms with van der Waals surface area (Å²) < 4.78 is 6.01. The molecule has 2 aromatic rings. The fraction of sp³-hybridized carbons (Fsp3) is 0.429. The van der Waals surface area contributed by atoms with E-state index in [1.807, 2.05) is 12.1 Å². The maximum absolute atomic E-state index is 6.10. The van der Waals surface area contributed by atoms with Crippen LogP contribution in [0.2, 0.25) is 0 Å². The summed E-state index contributed by atoms with van der Waals surface area (Å²) >= 11 is 0. The minimum atomic E-state index is 0.114. The molecule has 1 fully saturated rings. The molecule has 0 saturated heterocycles. The van der Waals surface area contributed by atoms with E-state index in [9.17, 15) is 0 Å². The molecule has 16 heavy (non-hydrogen) atoms. The lowest BCUT2D eigenvalue weighted by molar-refractivity contribution is 0.429. The first-order valence-electron chi connectivity index (χ1n) is 5.89. The van der Waals surface area contributed by atoms with Crippen molar-refractivity contribution in [1.82, 2.24) is 0 Å². The quantitative estimate of drug-likeness (QED) is 0.836. The fourth-order valence-corrected chi connectivity index (χ4v) is 2.67. The minimum absolute atomic E-state index is 0.114. The van der Waals surface area contributed by atoms with Gasteiger partial charge in [-0.3, -0.25) is 0 Å². The third-order valence-corrected chi connectivity index (χ3v) is 3.96. The topological polar surface area (TPSA) is 39.2 Å². The molecule has 2 nitrogen and oxygen atoms in total. The number of rotatable bonds is 2. The van der Waals surface area contributed by atoms with E-state index in [1.54, 1.807) is 0 Å². The summed E-state index contributed by atoms with van der Waals surface area (Å²) in [5.41, 5.74) is 8.47. The number of para-hydroxylation sites is 1. The SMILES string of the molecule is Cc1c(C2(C(C)N)CC2)oc2ccccc12. The van der Waals surface area contributed by atoms with Crippen LogP contribution in [0.25, 0.3) is 11.0 Å². The molecule has 0 amide bonds. The summed E-state index contributed by atoms with van der Waals surface area (Å²) in [5.74, 6) is 1.11. The van der Waals surface area contributed by atoms with Crippen molar-refractivity contribution in [2.24, 2.45) is 5.73 Å². The van der Waals surface area contributed by atoms with Crippen LogP contribution in [-0.2, 0) is 5.41 Å². The van der Waals surface area contributed by atoms with Crippen molar-refractivity contribution in [3.05, 3.63) is 35.6 Å². The summed E-state index contributed by atoms with van der Waals surface area (Å²) in [4.78, 5) is 0. The normalized spacial score (nSPS) is 19.9. The molecule has 2 N–H and O–H groups in total. The Hall–Kier alpha value is -1.28. The second kappa shape index (κ2) is 3.11. The maximum atomic E-state index is 6.10. The highest BCUT2D eigenvalue weighted by Crippen LogP contribution is 2.52. The molecule has 3 rings (SSSR count). The molecule has 0 bridgehead atoms. The van der Waals surface area contributed by atoms with Gasteiger partial charge in [0.2, 0.25) is 0 Å². The van der Waals surface area contributed by atoms with Gasteiger partial charge in [-0.2, -0.15) is 0 Å². The lowest BCUT2D eigenvalue weighted by atomic mass is 9.92. The van der Waals surface area contributed by atoms with E-state index >= 15 is 0 Å². The molecule has 1 aromatic carbocycles. The van der Waals surface area contributed by atoms with Crippen molar-refractivity contribution >= 4 is 11.0 Å². The van der Waals surface area contributed by atoms with Crippen molar-refractivity contribution < 1.29 is 4.42 Å². The number of fused-ring (bicyclic) bond motifs is 1. The predicted molar refractivity (Wildman–Crippen MR) is 65.5 cm³/mol. The zero-order valence-electron chi connectivity index (χ0n) is 9.79. The molecular formula is C14H17NO. The van der Waals surface area contributed by atoms with Gasteiger partial charge in [-0.1, -0.05) is 18.2 Å². The first-order chi connectivity index (χ1) is 7.65. The standard InChI is InChI=1S/C14H17NO/c1-9-11-5-3-4-6-12(11)16-13(9)14(7-8-14)10(2)15/h3-6,10H,7-8,15H2,1-2H3. The Balaban J connectivity index is 2.22. The molecule has 1 aromatic heterocycles. The van der Waals surface area contributed by atoms with E-state index in [4.69, 9.17) is 10.2 Å². The molecule has 2 heteroatoms. The summed E-state index contributed by atoms with van der Waals surface area (Å²) in [7, 11) is 0. The van der Waals surface area contributed by atoms with Crippen LogP contribution in [0, 0.1) is 6.92 Å². The zero-order valence-corrected chi connectivity index (χ0v) is 9.79. The third-order valence-electron chi connectivity index (χ3n) is 3.96. The Morgan fingerprint density at radius 3 is 2.56 bits per heavy atom. The second-order valence-corrected chi connectivity index (χ2v) is 5.00. The molecule has 0 spiro atoms.